The number of anilines is 2. The molecule has 0 aliphatic heterocycles. The van der Waals surface area contributed by atoms with Crippen molar-refractivity contribution in [1.82, 2.24) is 0 Å². The van der Waals surface area contributed by atoms with E-state index in [1.807, 2.05) is 18.2 Å². The highest BCUT2D eigenvalue weighted by atomic mass is 16.5. The second-order valence-electron chi connectivity index (χ2n) is 6.05. The van der Waals surface area contributed by atoms with E-state index in [9.17, 15) is 9.59 Å². The lowest BCUT2D eigenvalue weighted by Gasteiger charge is -2.14. The Hall–Kier alpha value is -3.02. The third-order valence-electron chi connectivity index (χ3n) is 3.33. The molecule has 0 unspecified atom stereocenters. The van der Waals surface area contributed by atoms with Crippen LogP contribution in [0.25, 0.3) is 0 Å². The Bertz CT molecular complexity index is 744. The number of hydrogen-bond acceptors (Lipinski definition) is 4. The van der Waals surface area contributed by atoms with Crippen LogP contribution in [0.2, 0.25) is 0 Å². The maximum atomic E-state index is 12.2. The largest absolute Gasteiger partial charge is 0.491 e. The molecule has 0 heterocycles. The molecule has 25 heavy (non-hydrogen) atoms. The number of ether oxygens (including phenoxy) is 1. The van der Waals surface area contributed by atoms with Gasteiger partial charge in [0.2, 0.25) is 11.8 Å². The van der Waals surface area contributed by atoms with Crippen molar-refractivity contribution in [3.63, 3.8) is 0 Å². The molecular weight excluding hydrogens is 318 g/mol. The first-order chi connectivity index (χ1) is 12.0. The molecule has 2 amide bonds. The molecule has 0 fully saturated rings. The van der Waals surface area contributed by atoms with E-state index in [0.717, 1.165) is 0 Å². The maximum Gasteiger partial charge on any atom is 0.248 e. The number of primary amides is 1. The molecule has 0 radical (unpaired) electrons. The van der Waals surface area contributed by atoms with E-state index in [-0.39, 0.29) is 12.5 Å². The minimum atomic E-state index is -0.510. The quantitative estimate of drug-likeness (QED) is 0.688. The highest BCUT2D eigenvalue weighted by Gasteiger charge is 2.09. The van der Waals surface area contributed by atoms with Crippen molar-refractivity contribution in [2.24, 2.45) is 11.7 Å². The lowest BCUT2D eigenvalue weighted by atomic mass is 10.2. The number of amides is 2. The molecule has 0 saturated carbocycles. The maximum absolute atomic E-state index is 12.2. The Morgan fingerprint density at radius 1 is 1.12 bits per heavy atom. The fourth-order valence-corrected chi connectivity index (χ4v) is 2.11. The molecule has 2 aromatic rings. The summed E-state index contributed by atoms with van der Waals surface area (Å²) in [6, 6.07) is 14.0. The summed E-state index contributed by atoms with van der Waals surface area (Å²) < 4.78 is 5.72. The van der Waals surface area contributed by atoms with Gasteiger partial charge in [-0.3, -0.25) is 9.59 Å². The van der Waals surface area contributed by atoms with Crippen molar-refractivity contribution >= 4 is 23.2 Å². The summed E-state index contributed by atoms with van der Waals surface area (Å²) in [7, 11) is 0. The van der Waals surface area contributed by atoms with Crippen molar-refractivity contribution in [1.29, 1.82) is 0 Å². The van der Waals surface area contributed by atoms with Gasteiger partial charge in [-0.25, -0.2) is 0 Å². The molecule has 0 bridgehead atoms. The summed E-state index contributed by atoms with van der Waals surface area (Å²) in [5, 5.41) is 5.79. The minimum absolute atomic E-state index is 0.0563. The number of hydrogen-bond donors (Lipinski definition) is 3. The Balaban J connectivity index is 1.94. The third kappa shape index (κ3) is 5.84. The highest BCUT2D eigenvalue weighted by Crippen LogP contribution is 2.24. The molecule has 0 saturated heterocycles. The van der Waals surface area contributed by atoms with Gasteiger partial charge in [-0.15, -0.1) is 0 Å². The Kier molecular flexibility index (Phi) is 6.39. The number of nitrogens with two attached hydrogens (primary N) is 1. The predicted octanol–water partition coefficient (Wildman–Crippen LogP) is 2.87. The van der Waals surface area contributed by atoms with E-state index < -0.39 is 5.91 Å². The second-order valence-corrected chi connectivity index (χ2v) is 6.05. The van der Waals surface area contributed by atoms with Crippen molar-refractivity contribution < 1.29 is 14.3 Å². The van der Waals surface area contributed by atoms with Crippen molar-refractivity contribution in [3.05, 3.63) is 54.1 Å². The van der Waals surface area contributed by atoms with Gasteiger partial charge in [0.15, 0.2) is 0 Å². The molecule has 2 rings (SSSR count). The minimum Gasteiger partial charge on any atom is -0.491 e. The van der Waals surface area contributed by atoms with E-state index in [0.29, 0.717) is 35.2 Å². The topological polar surface area (TPSA) is 93.4 Å². The summed E-state index contributed by atoms with van der Waals surface area (Å²) in [5.41, 5.74) is 6.91. The van der Waals surface area contributed by atoms with Gasteiger partial charge in [0.05, 0.1) is 18.8 Å². The summed E-state index contributed by atoms with van der Waals surface area (Å²) in [6.45, 7) is 4.75. The van der Waals surface area contributed by atoms with Gasteiger partial charge in [-0.05, 0) is 36.2 Å². The molecule has 0 aliphatic rings. The number of nitrogens with one attached hydrogen (secondary N) is 2. The van der Waals surface area contributed by atoms with Crippen LogP contribution in [-0.2, 0) is 4.79 Å². The van der Waals surface area contributed by atoms with Crippen LogP contribution in [0.15, 0.2) is 48.5 Å². The molecule has 0 aromatic heterocycles. The van der Waals surface area contributed by atoms with Crippen LogP contribution >= 0.6 is 0 Å². The van der Waals surface area contributed by atoms with Gasteiger partial charge in [-0.1, -0.05) is 32.0 Å². The lowest BCUT2D eigenvalue weighted by Crippen LogP contribution is -2.22. The smallest absolute Gasteiger partial charge is 0.248 e. The molecule has 0 aliphatic carbocycles. The first-order valence-electron chi connectivity index (χ1n) is 8.11. The van der Waals surface area contributed by atoms with E-state index >= 15 is 0 Å². The number of carbonyl (C=O) groups excluding carboxylic acids is 2. The summed E-state index contributed by atoms with van der Waals surface area (Å²) in [6.07, 6.45) is 0. The zero-order valence-corrected chi connectivity index (χ0v) is 14.4. The summed E-state index contributed by atoms with van der Waals surface area (Å²) in [5.74, 6) is 0.303. The average Bonchev–Trinajstić information content (AvgIpc) is 2.59. The molecule has 132 valence electrons. The fourth-order valence-electron chi connectivity index (χ4n) is 2.11. The lowest BCUT2D eigenvalue weighted by molar-refractivity contribution is -0.114. The molecule has 0 atom stereocenters. The molecule has 6 heteroatoms. The normalized spacial score (nSPS) is 10.4. The summed E-state index contributed by atoms with van der Waals surface area (Å²) >= 11 is 0. The third-order valence-corrected chi connectivity index (χ3v) is 3.33. The van der Waals surface area contributed by atoms with Crippen molar-refractivity contribution in [2.75, 3.05) is 23.8 Å². The van der Waals surface area contributed by atoms with Gasteiger partial charge in [0.25, 0.3) is 0 Å². The molecular formula is C19H23N3O3. The molecule has 0 spiro atoms. The van der Waals surface area contributed by atoms with Crippen molar-refractivity contribution in [3.8, 4) is 5.75 Å². The Labute approximate surface area is 147 Å². The van der Waals surface area contributed by atoms with Crippen LogP contribution in [-0.4, -0.2) is 25.0 Å². The molecule has 2 aromatic carbocycles. The van der Waals surface area contributed by atoms with E-state index in [4.69, 9.17) is 10.5 Å². The zero-order valence-electron chi connectivity index (χ0n) is 14.4. The fraction of sp³-hybridized carbons (Fsp3) is 0.263. The monoisotopic (exact) mass is 341 g/mol. The number of para-hydroxylation sites is 2. The number of carbonyl (C=O) groups is 2. The predicted molar refractivity (Wildman–Crippen MR) is 98.9 cm³/mol. The van der Waals surface area contributed by atoms with E-state index in [2.05, 4.69) is 24.5 Å². The molecule has 4 N–H and O–H groups in total. The Morgan fingerprint density at radius 3 is 2.60 bits per heavy atom. The standard InChI is InChI=1S/C19H23N3O3/c1-13(2)12-25-17-9-4-3-8-16(17)22-18(23)11-21-15-7-5-6-14(10-15)19(20)24/h3-10,13,21H,11-12H2,1-2H3,(H2,20,24)(H,22,23). The second kappa shape index (κ2) is 8.73. The van der Waals surface area contributed by atoms with Gasteiger partial charge < -0.3 is 21.1 Å². The highest BCUT2D eigenvalue weighted by molar-refractivity contribution is 5.96. The molecule has 6 nitrogen and oxygen atoms in total. The van der Waals surface area contributed by atoms with Crippen LogP contribution in [0.3, 0.4) is 0 Å². The van der Waals surface area contributed by atoms with E-state index in [1.54, 1.807) is 30.3 Å². The van der Waals surface area contributed by atoms with E-state index in [1.165, 1.54) is 0 Å². The van der Waals surface area contributed by atoms with Crippen LogP contribution in [0.1, 0.15) is 24.2 Å². The van der Waals surface area contributed by atoms with Crippen molar-refractivity contribution in [2.45, 2.75) is 13.8 Å². The van der Waals surface area contributed by atoms with Crippen LogP contribution in [0.4, 0.5) is 11.4 Å². The van der Waals surface area contributed by atoms with Crippen LogP contribution in [0, 0.1) is 5.92 Å². The zero-order chi connectivity index (χ0) is 18.2. The van der Waals surface area contributed by atoms with Gasteiger partial charge in [-0.2, -0.15) is 0 Å². The number of benzene rings is 2. The SMILES string of the molecule is CC(C)COc1ccccc1NC(=O)CNc1cccc(C(N)=O)c1. The average molecular weight is 341 g/mol. The first-order valence-corrected chi connectivity index (χ1v) is 8.11. The first kappa shape index (κ1) is 18.3. The number of rotatable bonds is 8. The van der Waals surface area contributed by atoms with Crippen LogP contribution in [0.5, 0.6) is 5.75 Å². The summed E-state index contributed by atoms with van der Waals surface area (Å²) in [4.78, 5) is 23.4. The van der Waals surface area contributed by atoms with Gasteiger partial charge in [0.1, 0.15) is 5.75 Å². The van der Waals surface area contributed by atoms with Gasteiger partial charge >= 0.3 is 0 Å². The van der Waals surface area contributed by atoms with Crippen LogP contribution < -0.4 is 21.1 Å². The van der Waals surface area contributed by atoms with Gasteiger partial charge in [0, 0.05) is 11.3 Å². The Morgan fingerprint density at radius 2 is 1.88 bits per heavy atom.